The molecule has 0 heterocycles. The molecule has 0 radical (unpaired) electrons. The smallest absolute Gasteiger partial charge is 0.338 e. The zero-order chi connectivity index (χ0) is 22.3. The third-order valence-corrected chi connectivity index (χ3v) is 5.07. The minimum Gasteiger partial charge on any atom is -0.494 e. The second-order valence-corrected chi connectivity index (χ2v) is 8.08. The van der Waals surface area contributed by atoms with E-state index in [1.54, 1.807) is 24.3 Å². The summed E-state index contributed by atoms with van der Waals surface area (Å²) in [5.74, 6) is -2.06. The first kappa shape index (κ1) is 23.4. The van der Waals surface area contributed by atoms with Crippen molar-refractivity contribution in [3.63, 3.8) is 0 Å². The molecule has 0 spiro atoms. The van der Waals surface area contributed by atoms with E-state index in [2.05, 4.69) is 20.8 Å². The Labute approximate surface area is 176 Å². The number of ether oxygens (including phenoxy) is 1. The van der Waals surface area contributed by atoms with Gasteiger partial charge in [0.25, 0.3) is 0 Å². The maximum Gasteiger partial charge on any atom is 0.338 e. The van der Waals surface area contributed by atoms with Crippen LogP contribution in [-0.4, -0.2) is 28.8 Å². The lowest BCUT2D eigenvalue weighted by Gasteiger charge is -2.14. The molecule has 5 nitrogen and oxygen atoms in total. The second kappa shape index (κ2) is 10.8. The Morgan fingerprint density at radius 2 is 1.67 bits per heavy atom. The normalized spacial score (nSPS) is 12.0. The van der Waals surface area contributed by atoms with Gasteiger partial charge in [0, 0.05) is 0 Å². The molecular weight excluding hydrogens is 387 g/mol. The SMILES string of the molecule is CC(C)CCCC(C)CCOc1cccc(-c2cc(C(=O)O)c(F)cc2C(=O)O)c1. The summed E-state index contributed by atoms with van der Waals surface area (Å²) in [7, 11) is 0. The molecule has 6 heteroatoms. The van der Waals surface area contributed by atoms with Crippen molar-refractivity contribution >= 4 is 11.9 Å². The zero-order valence-electron chi connectivity index (χ0n) is 17.7. The van der Waals surface area contributed by atoms with Crippen LogP contribution in [0, 0.1) is 17.7 Å². The van der Waals surface area contributed by atoms with E-state index in [9.17, 15) is 19.1 Å². The van der Waals surface area contributed by atoms with E-state index in [1.807, 2.05) is 0 Å². The Bertz CT molecular complexity index is 891. The van der Waals surface area contributed by atoms with Crippen molar-refractivity contribution in [3.05, 3.63) is 53.3 Å². The Balaban J connectivity index is 2.13. The van der Waals surface area contributed by atoms with Crippen LogP contribution in [0.2, 0.25) is 0 Å². The predicted octanol–water partition coefficient (Wildman–Crippen LogP) is 6.12. The highest BCUT2D eigenvalue weighted by atomic mass is 19.1. The minimum absolute atomic E-state index is 0.133. The molecule has 0 fully saturated rings. The number of rotatable bonds is 11. The number of aromatic carboxylic acids is 2. The van der Waals surface area contributed by atoms with Crippen LogP contribution >= 0.6 is 0 Å². The number of hydrogen-bond donors (Lipinski definition) is 2. The van der Waals surface area contributed by atoms with Crippen molar-refractivity contribution in [1.29, 1.82) is 0 Å². The largest absolute Gasteiger partial charge is 0.494 e. The molecule has 0 aromatic heterocycles. The fraction of sp³-hybridized carbons (Fsp3) is 0.417. The summed E-state index contributed by atoms with van der Waals surface area (Å²) in [5, 5.41) is 18.6. The summed E-state index contributed by atoms with van der Waals surface area (Å²) in [5.41, 5.74) is -0.281. The minimum atomic E-state index is -1.45. The number of carboxylic acid groups (broad SMARTS) is 2. The molecule has 2 aromatic rings. The van der Waals surface area contributed by atoms with E-state index in [0.717, 1.165) is 25.0 Å². The fourth-order valence-corrected chi connectivity index (χ4v) is 3.30. The number of hydrogen-bond acceptors (Lipinski definition) is 3. The van der Waals surface area contributed by atoms with Crippen LogP contribution in [0.3, 0.4) is 0 Å². The monoisotopic (exact) mass is 416 g/mol. The van der Waals surface area contributed by atoms with E-state index in [1.165, 1.54) is 12.8 Å². The van der Waals surface area contributed by atoms with Gasteiger partial charge in [-0.3, -0.25) is 0 Å². The molecule has 2 N–H and O–H groups in total. The first-order valence-corrected chi connectivity index (χ1v) is 10.2. The van der Waals surface area contributed by atoms with Gasteiger partial charge < -0.3 is 14.9 Å². The van der Waals surface area contributed by atoms with Crippen molar-refractivity contribution in [1.82, 2.24) is 0 Å². The molecule has 0 aliphatic carbocycles. The van der Waals surface area contributed by atoms with E-state index >= 15 is 0 Å². The van der Waals surface area contributed by atoms with Gasteiger partial charge in [0.1, 0.15) is 11.6 Å². The van der Waals surface area contributed by atoms with Gasteiger partial charge >= 0.3 is 11.9 Å². The van der Waals surface area contributed by atoms with Crippen LogP contribution in [0.25, 0.3) is 11.1 Å². The van der Waals surface area contributed by atoms with E-state index in [0.29, 0.717) is 29.8 Å². The zero-order valence-corrected chi connectivity index (χ0v) is 17.7. The number of carbonyl (C=O) groups is 2. The van der Waals surface area contributed by atoms with Gasteiger partial charge in [-0.15, -0.1) is 0 Å². The summed E-state index contributed by atoms with van der Waals surface area (Å²) in [4.78, 5) is 22.8. The first-order valence-electron chi connectivity index (χ1n) is 10.2. The molecule has 0 aliphatic rings. The lowest BCUT2D eigenvalue weighted by molar-refractivity contribution is 0.0677. The summed E-state index contributed by atoms with van der Waals surface area (Å²) in [6, 6.07) is 8.55. The maximum atomic E-state index is 13.9. The Kier molecular flexibility index (Phi) is 8.39. The molecule has 30 heavy (non-hydrogen) atoms. The highest BCUT2D eigenvalue weighted by molar-refractivity contribution is 5.99. The molecule has 0 bridgehead atoms. The van der Waals surface area contributed by atoms with Crippen molar-refractivity contribution in [2.75, 3.05) is 6.61 Å². The van der Waals surface area contributed by atoms with Gasteiger partial charge in [-0.1, -0.05) is 52.2 Å². The number of benzene rings is 2. The lowest BCUT2D eigenvalue weighted by Crippen LogP contribution is -2.07. The van der Waals surface area contributed by atoms with Crippen LogP contribution in [0.1, 0.15) is 67.2 Å². The van der Waals surface area contributed by atoms with Gasteiger partial charge in [-0.2, -0.15) is 0 Å². The third-order valence-electron chi connectivity index (χ3n) is 5.07. The molecule has 0 saturated heterocycles. The van der Waals surface area contributed by atoms with Gasteiger partial charge in [-0.05, 0) is 53.6 Å². The predicted molar refractivity (Wildman–Crippen MR) is 114 cm³/mol. The molecule has 1 unspecified atom stereocenters. The lowest BCUT2D eigenvalue weighted by atomic mass is 9.96. The number of halogens is 1. The van der Waals surface area contributed by atoms with E-state index in [4.69, 9.17) is 9.84 Å². The summed E-state index contributed by atoms with van der Waals surface area (Å²) < 4.78 is 19.8. The Morgan fingerprint density at radius 3 is 2.30 bits per heavy atom. The molecule has 0 saturated carbocycles. The molecule has 0 amide bonds. The molecule has 1 atom stereocenters. The van der Waals surface area contributed by atoms with Crippen LogP contribution in [0.4, 0.5) is 4.39 Å². The Hall–Kier alpha value is -2.89. The van der Waals surface area contributed by atoms with Crippen LogP contribution in [-0.2, 0) is 0 Å². The molecule has 162 valence electrons. The average molecular weight is 416 g/mol. The van der Waals surface area contributed by atoms with Crippen molar-refractivity contribution in [2.24, 2.45) is 11.8 Å². The quantitative estimate of drug-likeness (QED) is 0.461. The van der Waals surface area contributed by atoms with Gasteiger partial charge in [0.05, 0.1) is 17.7 Å². The summed E-state index contributed by atoms with van der Waals surface area (Å²) >= 11 is 0. The van der Waals surface area contributed by atoms with Crippen molar-refractivity contribution in [2.45, 2.75) is 46.5 Å². The molecule has 2 rings (SSSR count). The van der Waals surface area contributed by atoms with Gasteiger partial charge in [-0.25, -0.2) is 14.0 Å². The van der Waals surface area contributed by atoms with Crippen molar-refractivity contribution < 1.29 is 28.9 Å². The maximum absolute atomic E-state index is 13.9. The first-order chi connectivity index (χ1) is 14.2. The standard InChI is InChI=1S/C24H29FO5/c1-15(2)6-4-7-16(3)10-11-30-18-9-5-8-17(12-18)19-13-21(24(28)29)22(25)14-20(19)23(26)27/h5,8-9,12-16H,4,6-7,10-11H2,1-3H3,(H,26,27)(H,28,29). The topological polar surface area (TPSA) is 83.8 Å². The summed E-state index contributed by atoms with van der Waals surface area (Å²) in [6.45, 7) is 7.17. The average Bonchev–Trinajstić information content (AvgIpc) is 2.67. The number of carboxylic acids is 2. The third kappa shape index (κ3) is 6.58. The molecule has 0 aliphatic heterocycles. The molecular formula is C24H29FO5. The summed E-state index contributed by atoms with van der Waals surface area (Å²) in [6.07, 6.45) is 4.47. The van der Waals surface area contributed by atoms with Gasteiger partial charge in [0.15, 0.2) is 0 Å². The van der Waals surface area contributed by atoms with Crippen LogP contribution in [0.5, 0.6) is 5.75 Å². The van der Waals surface area contributed by atoms with E-state index in [-0.39, 0.29) is 11.1 Å². The van der Waals surface area contributed by atoms with Gasteiger partial charge in [0.2, 0.25) is 0 Å². The highest BCUT2D eigenvalue weighted by Gasteiger charge is 2.20. The van der Waals surface area contributed by atoms with Crippen LogP contribution in [0.15, 0.2) is 36.4 Å². The highest BCUT2D eigenvalue weighted by Crippen LogP contribution is 2.30. The van der Waals surface area contributed by atoms with Crippen LogP contribution < -0.4 is 4.74 Å². The van der Waals surface area contributed by atoms with E-state index < -0.39 is 23.3 Å². The fourth-order valence-electron chi connectivity index (χ4n) is 3.30. The molecule has 2 aromatic carbocycles. The Morgan fingerprint density at radius 1 is 0.967 bits per heavy atom. The van der Waals surface area contributed by atoms with Crippen molar-refractivity contribution in [3.8, 4) is 16.9 Å². The second-order valence-electron chi connectivity index (χ2n) is 8.08.